The smallest absolute Gasteiger partial charge is 0.106 e. The van der Waals surface area contributed by atoms with E-state index in [0.29, 0.717) is 0 Å². The fourth-order valence-electron chi connectivity index (χ4n) is 1.83. The zero-order chi connectivity index (χ0) is 11.4. The molecule has 0 amide bonds. The van der Waals surface area contributed by atoms with Crippen LogP contribution in [0.3, 0.4) is 0 Å². The van der Waals surface area contributed by atoms with Crippen LogP contribution >= 0.6 is 0 Å². The molecule has 2 nitrogen and oxygen atoms in total. The van der Waals surface area contributed by atoms with Crippen molar-refractivity contribution in [3.05, 3.63) is 64.6 Å². The third kappa shape index (κ3) is 2.34. The largest absolute Gasteiger partial charge is 0.150 e. The predicted octanol–water partition coefficient (Wildman–Crippen LogP) is 3.93. The Bertz CT molecular complexity index is 491. The topological polar surface area (TPSA) is 29.4 Å². The maximum atomic E-state index is 10.3. The van der Waals surface area contributed by atoms with Crippen molar-refractivity contribution in [2.45, 2.75) is 13.5 Å². The van der Waals surface area contributed by atoms with Crippen LogP contribution in [0.5, 0.6) is 0 Å². The van der Waals surface area contributed by atoms with Gasteiger partial charge in [-0.15, -0.1) is 0 Å². The van der Waals surface area contributed by atoms with E-state index in [1.807, 2.05) is 37.3 Å². The van der Waals surface area contributed by atoms with Crippen molar-refractivity contribution < 1.29 is 0 Å². The summed E-state index contributed by atoms with van der Waals surface area (Å²) in [5.41, 5.74) is 4.42. The number of nitroso groups, excluding NO2 is 1. The summed E-state index contributed by atoms with van der Waals surface area (Å²) in [5, 5.41) is 2.93. The molecule has 0 bridgehead atoms. The molecule has 0 saturated carbocycles. The van der Waals surface area contributed by atoms with Gasteiger partial charge in [0.05, 0.1) is 0 Å². The normalized spacial score (nSPS) is 10.1. The van der Waals surface area contributed by atoms with Gasteiger partial charge in [-0.3, -0.25) is 0 Å². The Morgan fingerprint density at radius 3 is 2.44 bits per heavy atom. The van der Waals surface area contributed by atoms with Crippen LogP contribution in [0.15, 0.2) is 53.7 Å². The SMILES string of the molecule is Cc1cc(CN=O)cc(-c2ccccc2)c1. The van der Waals surface area contributed by atoms with Gasteiger partial charge in [-0.25, -0.2) is 0 Å². The Kier molecular flexibility index (Phi) is 3.10. The zero-order valence-electron chi connectivity index (χ0n) is 9.18. The molecule has 0 N–H and O–H groups in total. The summed E-state index contributed by atoms with van der Waals surface area (Å²) in [5.74, 6) is 0. The fourth-order valence-corrected chi connectivity index (χ4v) is 1.83. The van der Waals surface area contributed by atoms with Gasteiger partial charge in [-0.2, -0.15) is 4.91 Å². The van der Waals surface area contributed by atoms with Crippen molar-refractivity contribution in [3.63, 3.8) is 0 Å². The average molecular weight is 211 g/mol. The number of aryl methyl sites for hydroxylation is 1. The van der Waals surface area contributed by atoms with Crippen LogP contribution in [-0.4, -0.2) is 0 Å². The molecule has 0 aromatic heterocycles. The lowest BCUT2D eigenvalue weighted by molar-refractivity contribution is 1.05. The van der Waals surface area contributed by atoms with Crippen molar-refractivity contribution in [1.29, 1.82) is 0 Å². The Balaban J connectivity index is 2.45. The quantitative estimate of drug-likeness (QED) is 0.707. The van der Waals surface area contributed by atoms with Gasteiger partial charge < -0.3 is 0 Å². The number of hydrogen-bond donors (Lipinski definition) is 0. The van der Waals surface area contributed by atoms with Gasteiger partial charge in [-0.1, -0.05) is 53.2 Å². The van der Waals surface area contributed by atoms with Crippen molar-refractivity contribution in [3.8, 4) is 11.1 Å². The molecule has 16 heavy (non-hydrogen) atoms. The minimum absolute atomic E-state index is 0.238. The maximum Gasteiger partial charge on any atom is 0.106 e. The molecule has 0 aliphatic rings. The summed E-state index contributed by atoms with van der Waals surface area (Å²) in [6.45, 7) is 2.27. The molecule has 0 atom stereocenters. The summed E-state index contributed by atoms with van der Waals surface area (Å²) >= 11 is 0. The standard InChI is InChI=1S/C14H13NO/c1-11-7-12(10-15-16)9-14(8-11)13-5-3-2-4-6-13/h2-9H,10H2,1H3. The lowest BCUT2D eigenvalue weighted by Crippen LogP contribution is -1.86. The average Bonchev–Trinajstić information content (AvgIpc) is 2.30. The third-order valence-electron chi connectivity index (χ3n) is 2.49. The van der Waals surface area contributed by atoms with Crippen molar-refractivity contribution in [1.82, 2.24) is 0 Å². The molecular weight excluding hydrogens is 198 g/mol. The highest BCUT2D eigenvalue weighted by molar-refractivity contribution is 5.65. The first kappa shape index (κ1) is 10.6. The molecule has 0 radical (unpaired) electrons. The molecule has 0 heterocycles. The highest BCUT2D eigenvalue weighted by atomic mass is 16.3. The Labute approximate surface area is 94.9 Å². The first-order chi connectivity index (χ1) is 7.79. The molecule has 80 valence electrons. The van der Waals surface area contributed by atoms with Crippen LogP contribution in [0, 0.1) is 11.8 Å². The monoisotopic (exact) mass is 211 g/mol. The third-order valence-corrected chi connectivity index (χ3v) is 2.49. The van der Waals surface area contributed by atoms with Crippen LogP contribution < -0.4 is 0 Å². The van der Waals surface area contributed by atoms with Crippen LogP contribution in [-0.2, 0) is 6.54 Å². The molecule has 2 rings (SSSR count). The molecule has 0 fully saturated rings. The first-order valence-corrected chi connectivity index (χ1v) is 5.25. The minimum atomic E-state index is 0.238. The molecular formula is C14H13NO. The van der Waals surface area contributed by atoms with Crippen LogP contribution in [0.2, 0.25) is 0 Å². The van der Waals surface area contributed by atoms with Gasteiger partial charge >= 0.3 is 0 Å². The Morgan fingerprint density at radius 1 is 1.00 bits per heavy atom. The summed E-state index contributed by atoms with van der Waals surface area (Å²) in [7, 11) is 0. The van der Waals surface area contributed by atoms with Gasteiger partial charge in [0.1, 0.15) is 6.54 Å². The lowest BCUT2D eigenvalue weighted by Gasteiger charge is -2.05. The summed E-state index contributed by atoms with van der Waals surface area (Å²) in [6, 6.07) is 16.3. The van der Waals surface area contributed by atoms with Gasteiger partial charge in [0.25, 0.3) is 0 Å². The zero-order valence-corrected chi connectivity index (χ0v) is 9.18. The highest BCUT2D eigenvalue weighted by Crippen LogP contribution is 2.22. The number of rotatable bonds is 3. The summed E-state index contributed by atoms with van der Waals surface area (Å²) in [4.78, 5) is 10.3. The van der Waals surface area contributed by atoms with Crippen LogP contribution in [0.4, 0.5) is 0 Å². The molecule has 2 heteroatoms. The molecule has 0 spiro atoms. The van der Waals surface area contributed by atoms with Crippen LogP contribution in [0.1, 0.15) is 11.1 Å². The van der Waals surface area contributed by atoms with Gasteiger partial charge in [0.15, 0.2) is 0 Å². The Hall–Kier alpha value is -1.96. The van der Waals surface area contributed by atoms with E-state index >= 15 is 0 Å². The second-order valence-corrected chi connectivity index (χ2v) is 3.86. The lowest BCUT2D eigenvalue weighted by atomic mass is 10.0. The fraction of sp³-hybridized carbons (Fsp3) is 0.143. The van der Waals surface area contributed by atoms with Crippen molar-refractivity contribution in [2.24, 2.45) is 5.18 Å². The van der Waals surface area contributed by atoms with E-state index in [1.165, 1.54) is 5.56 Å². The van der Waals surface area contributed by atoms with E-state index in [9.17, 15) is 4.91 Å². The molecule has 0 unspecified atom stereocenters. The van der Waals surface area contributed by atoms with Gasteiger partial charge in [0, 0.05) is 0 Å². The van der Waals surface area contributed by atoms with Crippen LogP contribution in [0.25, 0.3) is 11.1 Å². The predicted molar refractivity (Wildman–Crippen MR) is 66.1 cm³/mol. The highest BCUT2D eigenvalue weighted by Gasteiger charge is 2.01. The van der Waals surface area contributed by atoms with Crippen molar-refractivity contribution >= 4 is 0 Å². The van der Waals surface area contributed by atoms with Gasteiger partial charge in [0.2, 0.25) is 0 Å². The maximum absolute atomic E-state index is 10.3. The van der Waals surface area contributed by atoms with E-state index in [4.69, 9.17) is 0 Å². The summed E-state index contributed by atoms with van der Waals surface area (Å²) in [6.07, 6.45) is 0. The molecule has 0 aliphatic heterocycles. The second-order valence-electron chi connectivity index (χ2n) is 3.86. The van der Waals surface area contributed by atoms with E-state index in [-0.39, 0.29) is 6.54 Å². The van der Waals surface area contributed by atoms with E-state index in [2.05, 4.69) is 23.4 Å². The minimum Gasteiger partial charge on any atom is -0.150 e. The van der Waals surface area contributed by atoms with Crippen molar-refractivity contribution in [2.75, 3.05) is 0 Å². The van der Waals surface area contributed by atoms with Gasteiger partial charge in [-0.05, 0) is 29.7 Å². The van der Waals surface area contributed by atoms with E-state index < -0.39 is 0 Å². The molecule has 0 saturated heterocycles. The van der Waals surface area contributed by atoms with E-state index in [0.717, 1.165) is 16.7 Å². The number of benzene rings is 2. The molecule has 2 aromatic rings. The molecule has 2 aromatic carbocycles. The number of nitrogens with zero attached hydrogens (tertiary/aromatic N) is 1. The number of hydrogen-bond acceptors (Lipinski definition) is 2. The molecule has 0 aliphatic carbocycles. The summed E-state index contributed by atoms with van der Waals surface area (Å²) < 4.78 is 0. The second kappa shape index (κ2) is 4.71. The Morgan fingerprint density at radius 2 is 1.75 bits per heavy atom. The van der Waals surface area contributed by atoms with E-state index in [1.54, 1.807) is 0 Å². The first-order valence-electron chi connectivity index (χ1n) is 5.25.